The topological polar surface area (TPSA) is 56.8 Å². The molecule has 1 aliphatic rings. The van der Waals surface area contributed by atoms with Gasteiger partial charge >= 0.3 is 0 Å². The molecule has 0 aliphatic carbocycles. The van der Waals surface area contributed by atoms with Gasteiger partial charge in [-0.25, -0.2) is 0 Å². The van der Waals surface area contributed by atoms with Gasteiger partial charge in [-0.15, -0.1) is 0 Å². The maximum Gasteiger partial charge on any atom is 0.244 e. The number of nitrogens with one attached hydrogen (secondary N) is 1. The number of fused-ring (bicyclic) bond motifs is 1. The van der Waals surface area contributed by atoms with Gasteiger partial charge in [0.25, 0.3) is 0 Å². The van der Waals surface area contributed by atoms with E-state index >= 15 is 0 Å². The lowest BCUT2D eigenvalue weighted by Gasteiger charge is -2.11. The molecule has 0 bridgehead atoms. The number of amides is 1. The Balaban J connectivity index is 2.13. The first-order valence-corrected chi connectivity index (χ1v) is 7.97. The molecule has 0 aromatic heterocycles. The summed E-state index contributed by atoms with van der Waals surface area (Å²) in [4.78, 5) is 11.9. The molecule has 1 amide bonds. The van der Waals surface area contributed by atoms with E-state index in [4.69, 9.17) is 14.2 Å². The van der Waals surface area contributed by atoms with Gasteiger partial charge in [-0.2, -0.15) is 0 Å². The number of rotatable bonds is 7. The third-order valence-electron chi connectivity index (χ3n) is 3.55. The number of ether oxygens (including phenoxy) is 3. The van der Waals surface area contributed by atoms with E-state index in [1.807, 2.05) is 32.9 Å². The van der Waals surface area contributed by atoms with Crippen molar-refractivity contribution >= 4 is 12.0 Å². The van der Waals surface area contributed by atoms with Gasteiger partial charge in [0.2, 0.25) is 5.91 Å². The second-order valence-electron chi connectivity index (χ2n) is 5.76. The lowest BCUT2D eigenvalue weighted by molar-refractivity contribution is -0.117. The monoisotopic (exact) mass is 319 g/mol. The lowest BCUT2D eigenvalue weighted by Crippen LogP contribution is -2.34. The number of carbonyl (C=O) groups excluding carboxylic acids is 1. The summed E-state index contributed by atoms with van der Waals surface area (Å²) in [6, 6.07) is 3.91. The molecule has 5 nitrogen and oxygen atoms in total. The number of benzene rings is 1. The van der Waals surface area contributed by atoms with Crippen LogP contribution in [0.15, 0.2) is 18.2 Å². The highest BCUT2D eigenvalue weighted by atomic mass is 16.5. The molecule has 0 fully saturated rings. The Morgan fingerprint density at radius 2 is 2.30 bits per heavy atom. The minimum absolute atomic E-state index is 0.0345. The first kappa shape index (κ1) is 17.3. The summed E-state index contributed by atoms with van der Waals surface area (Å²) in [6.07, 6.45) is 4.33. The number of methoxy groups -OCH3 is 1. The molecule has 0 saturated carbocycles. The van der Waals surface area contributed by atoms with Gasteiger partial charge in [0.05, 0.1) is 13.2 Å². The van der Waals surface area contributed by atoms with E-state index in [0.717, 1.165) is 29.0 Å². The van der Waals surface area contributed by atoms with Crippen LogP contribution in [0.3, 0.4) is 0 Å². The third kappa shape index (κ3) is 4.73. The van der Waals surface area contributed by atoms with Crippen LogP contribution < -0.4 is 14.8 Å². The Hall–Kier alpha value is -2.01. The van der Waals surface area contributed by atoms with Crippen molar-refractivity contribution in [3.05, 3.63) is 29.3 Å². The molecule has 1 N–H and O–H groups in total. The average molecular weight is 319 g/mol. The van der Waals surface area contributed by atoms with Crippen molar-refractivity contribution in [2.24, 2.45) is 0 Å². The summed E-state index contributed by atoms with van der Waals surface area (Å²) in [6.45, 7) is 6.94. The minimum Gasteiger partial charge on any atom is -0.493 e. The summed E-state index contributed by atoms with van der Waals surface area (Å²) >= 11 is 0. The highest BCUT2D eigenvalue weighted by Gasteiger charge is 2.21. The van der Waals surface area contributed by atoms with Gasteiger partial charge in [-0.05, 0) is 39.0 Å². The molecule has 0 saturated heterocycles. The normalized spacial score (nSPS) is 17.7. The smallest absolute Gasteiger partial charge is 0.244 e. The van der Waals surface area contributed by atoms with E-state index in [-0.39, 0.29) is 18.1 Å². The van der Waals surface area contributed by atoms with Gasteiger partial charge in [-0.3, -0.25) is 4.79 Å². The maximum atomic E-state index is 11.9. The molecule has 5 heteroatoms. The van der Waals surface area contributed by atoms with Gasteiger partial charge in [0, 0.05) is 36.8 Å². The highest BCUT2D eigenvalue weighted by molar-refractivity contribution is 5.92. The van der Waals surface area contributed by atoms with Crippen molar-refractivity contribution in [2.75, 3.05) is 20.3 Å². The number of carbonyl (C=O) groups is 1. The maximum absolute atomic E-state index is 11.9. The SMILES string of the molecule is CCOc1cc2c(cc1C=CC(=O)NC(C)COC)OC(C)C2. The van der Waals surface area contributed by atoms with E-state index < -0.39 is 0 Å². The lowest BCUT2D eigenvalue weighted by atomic mass is 10.1. The van der Waals surface area contributed by atoms with Crippen molar-refractivity contribution in [1.82, 2.24) is 5.32 Å². The van der Waals surface area contributed by atoms with Crippen molar-refractivity contribution in [3.8, 4) is 11.5 Å². The van der Waals surface area contributed by atoms with Crippen LogP contribution in [0.4, 0.5) is 0 Å². The van der Waals surface area contributed by atoms with E-state index in [2.05, 4.69) is 5.32 Å². The average Bonchev–Trinajstić information content (AvgIpc) is 2.84. The second-order valence-corrected chi connectivity index (χ2v) is 5.76. The molecular weight excluding hydrogens is 294 g/mol. The van der Waals surface area contributed by atoms with Gasteiger partial charge in [0.1, 0.15) is 17.6 Å². The molecule has 2 atom stereocenters. The Morgan fingerprint density at radius 3 is 3.00 bits per heavy atom. The van der Waals surface area contributed by atoms with Crippen molar-refractivity contribution < 1.29 is 19.0 Å². The zero-order chi connectivity index (χ0) is 16.8. The summed E-state index contributed by atoms with van der Waals surface area (Å²) < 4.78 is 16.5. The molecule has 2 rings (SSSR count). The van der Waals surface area contributed by atoms with E-state index in [1.165, 1.54) is 6.08 Å². The fourth-order valence-electron chi connectivity index (χ4n) is 2.61. The molecule has 1 aliphatic heterocycles. The van der Waals surface area contributed by atoms with Gasteiger partial charge < -0.3 is 19.5 Å². The zero-order valence-corrected chi connectivity index (χ0v) is 14.2. The molecular formula is C18H25NO4. The van der Waals surface area contributed by atoms with Crippen LogP contribution in [0, 0.1) is 0 Å². The van der Waals surface area contributed by atoms with Crippen LogP contribution in [0.2, 0.25) is 0 Å². The molecule has 23 heavy (non-hydrogen) atoms. The Kier molecular flexibility index (Phi) is 6.04. The second kappa shape index (κ2) is 8.02. The predicted octanol–water partition coefficient (Wildman–Crippen LogP) is 2.57. The number of hydrogen-bond donors (Lipinski definition) is 1. The van der Waals surface area contributed by atoms with E-state index in [1.54, 1.807) is 13.2 Å². The van der Waals surface area contributed by atoms with Crippen LogP contribution in [-0.4, -0.2) is 38.4 Å². The highest BCUT2D eigenvalue weighted by Crippen LogP contribution is 2.35. The predicted molar refractivity (Wildman–Crippen MR) is 89.9 cm³/mol. The molecule has 1 aromatic rings. The summed E-state index contributed by atoms with van der Waals surface area (Å²) in [5.41, 5.74) is 1.99. The summed E-state index contributed by atoms with van der Waals surface area (Å²) in [7, 11) is 1.61. The Bertz CT molecular complexity index is 583. The molecule has 0 spiro atoms. The van der Waals surface area contributed by atoms with Crippen LogP contribution in [0.1, 0.15) is 31.9 Å². The minimum atomic E-state index is -0.160. The standard InChI is InChI=1S/C18H25NO4/c1-5-22-16-10-15-8-13(3)23-17(15)9-14(16)6-7-18(20)19-12(2)11-21-4/h6-7,9-10,12-13H,5,8,11H2,1-4H3,(H,19,20). The largest absolute Gasteiger partial charge is 0.493 e. The van der Waals surface area contributed by atoms with Crippen molar-refractivity contribution in [1.29, 1.82) is 0 Å². The van der Waals surface area contributed by atoms with Gasteiger partial charge in [-0.1, -0.05) is 0 Å². The van der Waals surface area contributed by atoms with Crippen molar-refractivity contribution in [3.63, 3.8) is 0 Å². The quantitative estimate of drug-likeness (QED) is 0.785. The van der Waals surface area contributed by atoms with Crippen molar-refractivity contribution in [2.45, 2.75) is 39.3 Å². The summed E-state index contributed by atoms with van der Waals surface area (Å²) in [5, 5.41) is 2.84. The van der Waals surface area contributed by atoms with Crippen LogP contribution in [0.5, 0.6) is 11.5 Å². The zero-order valence-electron chi connectivity index (χ0n) is 14.2. The molecule has 1 heterocycles. The Labute approximate surface area is 137 Å². The fraction of sp³-hybridized carbons (Fsp3) is 0.500. The fourth-order valence-corrected chi connectivity index (χ4v) is 2.61. The van der Waals surface area contributed by atoms with E-state index in [9.17, 15) is 4.79 Å². The molecule has 1 aromatic carbocycles. The van der Waals surface area contributed by atoms with Crippen LogP contribution in [0.25, 0.3) is 6.08 Å². The Morgan fingerprint density at radius 1 is 1.52 bits per heavy atom. The first-order chi connectivity index (χ1) is 11.0. The molecule has 126 valence electrons. The van der Waals surface area contributed by atoms with Crippen LogP contribution in [-0.2, 0) is 16.0 Å². The third-order valence-corrected chi connectivity index (χ3v) is 3.55. The van der Waals surface area contributed by atoms with Crippen LogP contribution >= 0.6 is 0 Å². The van der Waals surface area contributed by atoms with Gasteiger partial charge in [0.15, 0.2) is 0 Å². The molecule has 0 radical (unpaired) electrons. The first-order valence-electron chi connectivity index (χ1n) is 7.97. The summed E-state index contributed by atoms with van der Waals surface area (Å²) in [5.74, 6) is 1.48. The van der Waals surface area contributed by atoms with E-state index in [0.29, 0.717) is 13.2 Å². The molecule has 2 unspecified atom stereocenters. The number of hydrogen-bond acceptors (Lipinski definition) is 4.